The Hall–Kier alpha value is -3.45. The van der Waals surface area contributed by atoms with Gasteiger partial charge in [0.1, 0.15) is 11.6 Å². The highest BCUT2D eigenvalue weighted by Gasteiger charge is 2.42. The number of pyridine rings is 2. The van der Waals surface area contributed by atoms with Crippen LogP contribution >= 0.6 is 0 Å². The van der Waals surface area contributed by atoms with Crippen LogP contribution in [0.4, 0.5) is 5.82 Å². The summed E-state index contributed by atoms with van der Waals surface area (Å²) in [7, 11) is 0. The third kappa shape index (κ3) is 3.48. The van der Waals surface area contributed by atoms with Crippen LogP contribution in [0.25, 0.3) is 11.3 Å². The molecule has 7 nitrogen and oxygen atoms in total. The molecule has 1 aromatic carbocycles. The highest BCUT2D eigenvalue weighted by molar-refractivity contribution is 5.83. The van der Waals surface area contributed by atoms with Gasteiger partial charge < -0.3 is 20.1 Å². The van der Waals surface area contributed by atoms with E-state index in [4.69, 9.17) is 20.2 Å². The van der Waals surface area contributed by atoms with Crippen molar-refractivity contribution in [2.24, 2.45) is 11.1 Å². The van der Waals surface area contributed by atoms with Crippen molar-refractivity contribution in [1.29, 1.82) is 0 Å². The van der Waals surface area contributed by atoms with Crippen LogP contribution in [0.1, 0.15) is 30.9 Å². The van der Waals surface area contributed by atoms with Crippen molar-refractivity contribution in [3.63, 3.8) is 0 Å². The minimum atomic E-state index is -0.806. The molecule has 4 heterocycles. The second-order valence-electron chi connectivity index (χ2n) is 8.75. The lowest BCUT2D eigenvalue weighted by Gasteiger charge is -2.36. The summed E-state index contributed by atoms with van der Waals surface area (Å²) >= 11 is 0. The Bertz CT molecular complexity index is 1150. The van der Waals surface area contributed by atoms with Crippen LogP contribution in [-0.2, 0) is 9.53 Å². The molecule has 1 fully saturated rings. The third-order valence-corrected chi connectivity index (χ3v) is 6.37. The number of fused-ring (bicyclic) bond motifs is 2. The monoisotopic (exact) mass is 430 g/mol. The number of benzene rings is 1. The number of nitrogens with two attached hydrogens (primary N) is 1. The topological polar surface area (TPSA) is 90.6 Å². The van der Waals surface area contributed by atoms with Crippen molar-refractivity contribution < 1.29 is 14.3 Å². The van der Waals surface area contributed by atoms with Crippen LogP contribution in [0.5, 0.6) is 11.6 Å². The van der Waals surface area contributed by atoms with E-state index in [1.54, 1.807) is 0 Å². The Balaban J connectivity index is 1.51. The van der Waals surface area contributed by atoms with Crippen molar-refractivity contribution in [1.82, 2.24) is 9.97 Å². The number of anilines is 1. The second kappa shape index (κ2) is 7.91. The quantitative estimate of drug-likeness (QED) is 0.678. The van der Waals surface area contributed by atoms with Crippen LogP contribution in [0.15, 0.2) is 54.7 Å². The molecule has 7 heteroatoms. The molecule has 1 atom stereocenters. The maximum absolute atomic E-state index is 12.3. The minimum absolute atomic E-state index is 0.247. The molecule has 0 spiro atoms. The molecule has 5 rings (SSSR count). The Morgan fingerprint density at radius 2 is 1.84 bits per heavy atom. The van der Waals surface area contributed by atoms with Crippen LogP contribution in [-0.4, -0.2) is 42.2 Å². The van der Waals surface area contributed by atoms with E-state index < -0.39 is 5.41 Å². The first-order valence-electron chi connectivity index (χ1n) is 10.8. The largest absolute Gasteiger partial charge is 0.438 e. The van der Waals surface area contributed by atoms with Crippen molar-refractivity contribution in [3.05, 3.63) is 65.9 Å². The van der Waals surface area contributed by atoms with E-state index in [1.807, 2.05) is 68.6 Å². The number of carbonyl (C=O) groups is 1. The number of hydrogen-bond donors (Lipinski definition) is 1. The molecule has 0 radical (unpaired) electrons. The van der Waals surface area contributed by atoms with Gasteiger partial charge in [-0.25, -0.2) is 9.97 Å². The zero-order chi connectivity index (χ0) is 22.3. The van der Waals surface area contributed by atoms with E-state index in [-0.39, 0.29) is 11.8 Å². The van der Waals surface area contributed by atoms with Gasteiger partial charge in [-0.2, -0.15) is 0 Å². The molecule has 2 aliphatic rings. The first kappa shape index (κ1) is 20.5. The summed E-state index contributed by atoms with van der Waals surface area (Å²) in [5.74, 6) is 1.52. The van der Waals surface area contributed by atoms with Gasteiger partial charge in [-0.15, -0.1) is 0 Å². The Labute approximate surface area is 187 Å². The van der Waals surface area contributed by atoms with Gasteiger partial charge in [0.25, 0.3) is 0 Å². The molecular weight excluding hydrogens is 404 g/mol. The standard InChI is InChI=1S/C25H26N4O3/c1-25(2,24(26)30)22-17-5-3-4-6-20(17)32-23-18(22)8-9-19(28-23)16-7-10-21(27-15-16)29-11-13-31-14-12-29/h3-10,15,22H,11-14H2,1-2H3,(H2,26,30). The number of nitrogens with zero attached hydrogens (tertiary/aromatic N) is 3. The molecule has 2 aliphatic heterocycles. The van der Waals surface area contributed by atoms with Gasteiger partial charge in [-0.05, 0) is 24.3 Å². The summed E-state index contributed by atoms with van der Waals surface area (Å²) < 4.78 is 11.6. The fourth-order valence-electron chi connectivity index (χ4n) is 4.43. The molecule has 2 N–H and O–H groups in total. The van der Waals surface area contributed by atoms with E-state index >= 15 is 0 Å². The number of amides is 1. The molecule has 0 aliphatic carbocycles. The van der Waals surface area contributed by atoms with Gasteiger partial charge in [0.05, 0.1) is 24.3 Å². The summed E-state index contributed by atoms with van der Waals surface area (Å²) in [6.07, 6.45) is 1.83. The summed E-state index contributed by atoms with van der Waals surface area (Å²) in [5, 5.41) is 0. The van der Waals surface area contributed by atoms with E-state index in [2.05, 4.69) is 9.88 Å². The van der Waals surface area contributed by atoms with Crippen molar-refractivity contribution in [3.8, 4) is 22.9 Å². The first-order valence-corrected chi connectivity index (χ1v) is 10.8. The lowest BCUT2D eigenvalue weighted by atomic mass is 9.70. The first-order chi connectivity index (χ1) is 15.4. The summed E-state index contributed by atoms with van der Waals surface area (Å²) in [6, 6.07) is 15.7. The molecule has 32 heavy (non-hydrogen) atoms. The Morgan fingerprint density at radius 3 is 2.56 bits per heavy atom. The van der Waals surface area contributed by atoms with Crippen LogP contribution in [0, 0.1) is 5.41 Å². The number of primary amides is 1. The average molecular weight is 431 g/mol. The Kier molecular flexibility index (Phi) is 5.06. The smallest absolute Gasteiger partial charge is 0.224 e. The van der Waals surface area contributed by atoms with Crippen molar-refractivity contribution >= 4 is 11.7 Å². The van der Waals surface area contributed by atoms with Gasteiger partial charge in [0.15, 0.2) is 0 Å². The maximum atomic E-state index is 12.3. The lowest BCUT2D eigenvalue weighted by Crippen LogP contribution is -2.38. The average Bonchev–Trinajstić information content (AvgIpc) is 2.82. The fourth-order valence-corrected chi connectivity index (χ4v) is 4.43. The Morgan fingerprint density at radius 1 is 1.06 bits per heavy atom. The van der Waals surface area contributed by atoms with Crippen molar-refractivity contribution in [2.75, 3.05) is 31.2 Å². The molecule has 1 unspecified atom stereocenters. The van der Waals surface area contributed by atoms with Gasteiger partial charge in [-0.3, -0.25) is 4.79 Å². The van der Waals surface area contributed by atoms with Gasteiger partial charge in [-0.1, -0.05) is 38.1 Å². The summed E-state index contributed by atoms with van der Waals surface area (Å²) in [6.45, 7) is 6.86. The predicted octanol–water partition coefficient (Wildman–Crippen LogP) is 3.73. The molecule has 0 bridgehead atoms. The molecule has 1 amide bonds. The summed E-state index contributed by atoms with van der Waals surface area (Å²) in [4.78, 5) is 24.0. The molecule has 164 valence electrons. The number of para-hydroxylation sites is 1. The van der Waals surface area contributed by atoms with E-state index in [0.29, 0.717) is 11.6 Å². The SMILES string of the molecule is CC(C)(C(N)=O)C1c2ccccc2Oc2nc(-c3ccc(N4CCOCC4)nc3)ccc21. The third-order valence-electron chi connectivity index (χ3n) is 6.37. The number of carbonyl (C=O) groups excluding carboxylic acids is 1. The normalized spacial score (nSPS) is 17.8. The van der Waals surface area contributed by atoms with Crippen LogP contribution in [0.3, 0.4) is 0 Å². The zero-order valence-electron chi connectivity index (χ0n) is 18.2. The fraction of sp³-hybridized carbons (Fsp3) is 0.320. The van der Waals surface area contributed by atoms with Crippen molar-refractivity contribution in [2.45, 2.75) is 19.8 Å². The molecule has 0 saturated carbocycles. The molecule has 1 saturated heterocycles. The predicted molar refractivity (Wildman–Crippen MR) is 122 cm³/mol. The van der Waals surface area contributed by atoms with Gasteiger partial charge in [0, 0.05) is 41.9 Å². The maximum Gasteiger partial charge on any atom is 0.224 e. The number of ether oxygens (including phenoxy) is 2. The number of rotatable bonds is 4. The van der Waals surface area contributed by atoms with E-state index in [1.165, 1.54) is 0 Å². The van der Waals surface area contributed by atoms with E-state index in [0.717, 1.165) is 54.5 Å². The molecular formula is C25H26N4O3. The van der Waals surface area contributed by atoms with Gasteiger partial charge >= 0.3 is 0 Å². The highest BCUT2D eigenvalue weighted by Crippen LogP contribution is 2.51. The molecule has 2 aromatic heterocycles. The highest BCUT2D eigenvalue weighted by atomic mass is 16.5. The number of hydrogen-bond acceptors (Lipinski definition) is 6. The summed E-state index contributed by atoms with van der Waals surface area (Å²) in [5.41, 5.74) is 8.45. The van der Waals surface area contributed by atoms with Crippen LogP contribution < -0.4 is 15.4 Å². The number of morpholine rings is 1. The van der Waals surface area contributed by atoms with Crippen LogP contribution in [0.2, 0.25) is 0 Å². The van der Waals surface area contributed by atoms with E-state index in [9.17, 15) is 4.79 Å². The second-order valence-corrected chi connectivity index (χ2v) is 8.75. The molecule has 3 aromatic rings. The number of aromatic nitrogens is 2. The minimum Gasteiger partial charge on any atom is -0.438 e. The van der Waals surface area contributed by atoms with Gasteiger partial charge in [0.2, 0.25) is 11.8 Å². The zero-order valence-corrected chi connectivity index (χ0v) is 18.2. The lowest BCUT2D eigenvalue weighted by molar-refractivity contribution is -0.126.